The van der Waals surface area contributed by atoms with Crippen LogP contribution in [0.1, 0.15) is 18.5 Å². The lowest BCUT2D eigenvalue weighted by Gasteiger charge is -2.14. The summed E-state index contributed by atoms with van der Waals surface area (Å²) in [7, 11) is 0. The standard InChI is InChI=1S/C22H23N5O3/c1-15(27-11-5-10-24-27)21(28)25-17-7-4-8-18(13-17)26-22(29)23-14-19-12-16-6-2-3-9-20(16)30-19/h2-11,13,15,19H,12,14H2,1H3,(H,25,28)(H2,23,26,29)/t15-,19-/m1/s1. The molecular formula is C22H23N5O3. The number of hydrogen-bond donors (Lipinski definition) is 3. The molecule has 4 rings (SSSR count). The Morgan fingerprint density at radius 3 is 2.70 bits per heavy atom. The van der Waals surface area contributed by atoms with Crippen molar-refractivity contribution in [3.05, 3.63) is 72.6 Å². The van der Waals surface area contributed by atoms with Crippen LogP contribution < -0.4 is 20.7 Å². The predicted octanol–water partition coefficient (Wildman–Crippen LogP) is 3.21. The monoisotopic (exact) mass is 405 g/mol. The zero-order valence-electron chi connectivity index (χ0n) is 16.5. The summed E-state index contributed by atoms with van der Waals surface area (Å²) >= 11 is 0. The first kappa shape index (κ1) is 19.5. The molecule has 2 aromatic carbocycles. The third-order valence-electron chi connectivity index (χ3n) is 4.89. The topological polar surface area (TPSA) is 97.3 Å². The van der Waals surface area contributed by atoms with Crippen molar-refractivity contribution in [3.63, 3.8) is 0 Å². The summed E-state index contributed by atoms with van der Waals surface area (Å²) in [6, 6.07) is 15.9. The molecule has 0 spiro atoms. The van der Waals surface area contributed by atoms with Gasteiger partial charge in [-0.25, -0.2) is 4.79 Å². The first-order valence-electron chi connectivity index (χ1n) is 9.78. The molecule has 2 atom stereocenters. The molecule has 1 aliphatic rings. The summed E-state index contributed by atoms with van der Waals surface area (Å²) in [4.78, 5) is 24.7. The number of carbonyl (C=O) groups excluding carboxylic acids is 2. The number of fused-ring (bicyclic) bond motifs is 1. The maximum Gasteiger partial charge on any atom is 0.319 e. The SMILES string of the molecule is C[C@H](C(=O)Nc1cccc(NC(=O)NC[C@H]2Cc3ccccc3O2)c1)n1cccn1. The van der Waals surface area contributed by atoms with E-state index in [2.05, 4.69) is 21.0 Å². The van der Waals surface area contributed by atoms with Gasteiger partial charge in [-0.3, -0.25) is 9.48 Å². The Labute approximate surface area is 174 Å². The maximum atomic E-state index is 12.4. The highest BCUT2D eigenvalue weighted by Crippen LogP contribution is 2.27. The molecule has 0 aliphatic carbocycles. The largest absolute Gasteiger partial charge is 0.488 e. The van der Waals surface area contributed by atoms with Crippen molar-refractivity contribution in [2.45, 2.75) is 25.5 Å². The van der Waals surface area contributed by atoms with E-state index in [1.807, 2.05) is 24.3 Å². The summed E-state index contributed by atoms with van der Waals surface area (Å²) in [5.41, 5.74) is 2.32. The highest BCUT2D eigenvalue weighted by Gasteiger charge is 2.22. The fraction of sp³-hybridized carbons (Fsp3) is 0.227. The Morgan fingerprint density at radius 2 is 1.93 bits per heavy atom. The summed E-state index contributed by atoms with van der Waals surface area (Å²) < 4.78 is 7.40. The van der Waals surface area contributed by atoms with E-state index in [-0.39, 0.29) is 18.0 Å². The van der Waals surface area contributed by atoms with E-state index in [1.54, 1.807) is 54.3 Å². The van der Waals surface area contributed by atoms with Crippen molar-refractivity contribution >= 4 is 23.3 Å². The lowest BCUT2D eigenvalue weighted by atomic mass is 10.1. The Bertz CT molecular complexity index is 1010. The normalized spacial score (nSPS) is 15.6. The fourth-order valence-electron chi connectivity index (χ4n) is 3.30. The third kappa shape index (κ3) is 4.60. The van der Waals surface area contributed by atoms with Crippen molar-refractivity contribution in [1.29, 1.82) is 0 Å². The second kappa shape index (κ2) is 8.69. The molecule has 0 saturated heterocycles. The fourth-order valence-corrected chi connectivity index (χ4v) is 3.30. The van der Waals surface area contributed by atoms with E-state index < -0.39 is 6.04 Å². The van der Waals surface area contributed by atoms with E-state index in [1.165, 1.54) is 0 Å². The average molecular weight is 405 g/mol. The first-order chi connectivity index (χ1) is 14.6. The van der Waals surface area contributed by atoms with Crippen molar-refractivity contribution in [1.82, 2.24) is 15.1 Å². The van der Waals surface area contributed by atoms with Gasteiger partial charge in [0.2, 0.25) is 5.91 Å². The molecule has 0 radical (unpaired) electrons. The molecule has 8 nitrogen and oxygen atoms in total. The van der Waals surface area contributed by atoms with Crippen molar-refractivity contribution in [3.8, 4) is 5.75 Å². The quantitative estimate of drug-likeness (QED) is 0.587. The number of rotatable bonds is 6. The van der Waals surface area contributed by atoms with E-state index >= 15 is 0 Å². The summed E-state index contributed by atoms with van der Waals surface area (Å²) in [6.07, 6.45) is 4.05. The highest BCUT2D eigenvalue weighted by atomic mass is 16.5. The molecule has 3 N–H and O–H groups in total. The number of nitrogens with one attached hydrogen (secondary N) is 3. The molecule has 2 heterocycles. The smallest absolute Gasteiger partial charge is 0.319 e. The van der Waals surface area contributed by atoms with Crippen LogP contribution >= 0.6 is 0 Å². The van der Waals surface area contributed by atoms with Gasteiger partial charge in [-0.05, 0) is 42.8 Å². The third-order valence-corrected chi connectivity index (χ3v) is 4.89. The van der Waals surface area contributed by atoms with E-state index in [0.29, 0.717) is 17.9 Å². The zero-order valence-corrected chi connectivity index (χ0v) is 16.5. The molecule has 3 aromatic rings. The van der Waals surface area contributed by atoms with E-state index in [9.17, 15) is 9.59 Å². The Morgan fingerprint density at radius 1 is 1.13 bits per heavy atom. The minimum Gasteiger partial charge on any atom is -0.488 e. The number of nitrogens with zero attached hydrogens (tertiary/aromatic N) is 2. The second-order valence-corrected chi connectivity index (χ2v) is 7.12. The summed E-state index contributed by atoms with van der Waals surface area (Å²) in [6.45, 7) is 2.17. The van der Waals surface area contributed by atoms with Gasteiger partial charge in [0.25, 0.3) is 0 Å². The minimum absolute atomic E-state index is 0.0810. The number of benzene rings is 2. The maximum absolute atomic E-state index is 12.4. The number of anilines is 2. The van der Waals surface area contributed by atoms with Crippen molar-refractivity contribution in [2.24, 2.45) is 0 Å². The van der Waals surface area contributed by atoms with Crippen LogP contribution in [0, 0.1) is 0 Å². The summed E-state index contributed by atoms with van der Waals surface area (Å²) in [5.74, 6) is 0.677. The molecule has 1 aliphatic heterocycles. The van der Waals surface area contributed by atoms with Gasteiger partial charge < -0.3 is 20.7 Å². The number of carbonyl (C=O) groups is 2. The number of urea groups is 1. The van der Waals surface area contributed by atoms with Crippen LogP contribution in [-0.4, -0.2) is 34.4 Å². The van der Waals surface area contributed by atoms with E-state index in [0.717, 1.165) is 17.7 Å². The molecule has 8 heteroatoms. The van der Waals surface area contributed by atoms with Crippen LogP contribution in [-0.2, 0) is 11.2 Å². The van der Waals surface area contributed by atoms with Crippen LogP contribution in [0.2, 0.25) is 0 Å². The van der Waals surface area contributed by atoms with Gasteiger partial charge in [0, 0.05) is 30.2 Å². The zero-order chi connectivity index (χ0) is 20.9. The van der Waals surface area contributed by atoms with Crippen LogP contribution in [0.3, 0.4) is 0 Å². The highest BCUT2D eigenvalue weighted by molar-refractivity contribution is 5.95. The van der Waals surface area contributed by atoms with Crippen LogP contribution in [0.15, 0.2) is 67.0 Å². The lowest BCUT2D eigenvalue weighted by molar-refractivity contribution is -0.119. The molecule has 3 amide bonds. The van der Waals surface area contributed by atoms with Crippen molar-refractivity contribution < 1.29 is 14.3 Å². The summed E-state index contributed by atoms with van der Waals surface area (Å²) in [5, 5.41) is 12.5. The first-order valence-corrected chi connectivity index (χ1v) is 9.78. The molecule has 0 unspecified atom stereocenters. The number of hydrogen-bond acceptors (Lipinski definition) is 4. The molecule has 154 valence electrons. The number of aromatic nitrogens is 2. The predicted molar refractivity (Wildman–Crippen MR) is 114 cm³/mol. The number of amides is 3. The van der Waals surface area contributed by atoms with Gasteiger partial charge in [-0.1, -0.05) is 24.3 Å². The lowest BCUT2D eigenvalue weighted by Crippen LogP contribution is -2.37. The number of ether oxygens (including phenoxy) is 1. The van der Waals surface area contributed by atoms with Gasteiger partial charge in [0.05, 0.1) is 6.54 Å². The van der Waals surface area contributed by atoms with Crippen molar-refractivity contribution in [2.75, 3.05) is 17.2 Å². The van der Waals surface area contributed by atoms with Crippen LogP contribution in [0.4, 0.5) is 16.2 Å². The van der Waals surface area contributed by atoms with Gasteiger partial charge in [-0.15, -0.1) is 0 Å². The molecule has 0 fully saturated rings. The van der Waals surface area contributed by atoms with Gasteiger partial charge >= 0.3 is 6.03 Å². The second-order valence-electron chi connectivity index (χ2n) is 7.12. The Hall–Kier alpha value is -3.81. The molecule has 30 heavy (non-hydrogen) atoms. The molecule has 0 saturated carbocycles. The van der Waals surface area contributed by atoms with Gasteiger partial charge in [0.15, 0.2) is 0 Å². The van der Waals surface area contributed by atoms with Crippen LogP contribution in [0.5, 0.6) is 5.75 Å². The van der Waals surface area contributed by atoms with Gasteiger partial charge in [-0.2, -0.15) is 5.10 Å². The minimum atomic E-state index is -0.449. The van der Waals surface area contributed by atoms with Gasteiger partial charge in [0.1, 0.15) is 17.9 Å². The molecular weight excluding hydrogens is 382 g/mol. The molecule has 1 aromatic heterocycles. The Kier molecular flexibility index (Phi) is 5.65. The molecule has 0 bridgehead atoms. The van der Waals surface area contributed by atoms with E-state index in [4.69, 9.17) is 4.74 Å². The average Bonchev–Trinajstić information content (AvgIpc) is 3.41. The number of para-hydroxylation sites is 1. The van der Waals surface area contributed by atoms with Crippen LogP contribution in [0.25, 0.3) is 0 Å². The Balaban J connectivity index is 1.28.